The first-order valence-electron chi connectivity index (χ1n) is 7.75. The Morgan fingerprint density at radius 3 is 2.08 bits per heavy atom. The van der Waals surface area contributed by atoms with Crippen molar-refractivity contribution in [1.29, 1.82) is 0 Å². The second kappa shape index (κ2) is 8.06. The number of amides is 2. The normalized spacial score (nSPS) is 10.3. The van der Waals surface area contributed by atoms with Crippen LogP contribution in [0.25, 0.3) is 0 Å². The van der Waals surface area contributed by atoms with Crippen LogP contribution in [-0.2, 0) is 4.79 Å². The first-order chi connectivity index (χ1) is 11.5. The van der Waals surface area contributed by atoms with E-state index in [4.69, 9.17) is 0 Å². The Hall–Kier alpha value is -2.95. The number of nitrogens with one attached hydrogen (secondary N) is 2. The molecule has 0 bridgehead atoms. The molecule has 124 valence electrons. The largest absolute Gasteiger partial charge is 0.352 e. The van der Waals surface area contributed by atoms with Crippen LogP contribution in [0, 0.1) is 0 Å². The highest BCUT2D eigenvalue weighted by atomic mass is 16.2. The molecule has 24 heavy (non-hydrogen) atoms. The van der Waals surface area contributed by atoms with Gasteiger partial charge in [0.1, 0.15) is 0 Å². The van der Waals surface area contributed by atoms with Crippen LogP contribution in [-0.4, -0.2) is 30.2 Å². The lowest BCUT2D eigenvalue weighted by Crippen LogP contribution is -2.40. The van der Waals surface area contributed by atoms with Crippen molar-refractivity contribution in [3.63, 3.8) is 0 Å². The van der Waals surface area contributed by atoms with Crippen LogP contribution in [0.15, 0.2) is 54.6 Å². The van der Waals surface area contributed by atoms with Crippen LogP contribution < -0.4 is 10.6 Å². The van der Waals surface area contributed by atoms with Gasteiger partial charge >= 0.3 is 0 Å². The number of carbonyl (C=O) groups excluding carboxylic acids is 3. The molecule has 2 aromatic carbocycles. The number of carbonyl (C=O) groups is 3. The number of hydrogen-bond acceptors (Lipinski definition) is 3. The molecule has 2 amide bonds. The Morgan fingerprint density at radius 1 is 0.875 bits per heavy atom. The molecule has 0 fully saturated rings. The Morgan fingerprint density at radius 2 is 1.46 bits per heavy atom. The number of hydrogen-bond donors (Lipinski definition) is 2. The molecule has 0 saturated carbocycles. The van der Waals surface area contributed by atoms with Gasteiger partial charge in [0.25, 0.3) is 5.91 Å². The molecule has 5 heteroatoms. The van der Waals surface area contributed by atoms with Gasteiger partial charge in [-0.1, -0.05) is 48.5 Å². The molecule has 0 heterocycles. The van der Waals surface area contributed by atoms with Crippen LogP contribution in [0.3, 0.4) is 0 Å². The molecule has 0 aliphatic carbocycles. The average molecular weight is 324 g/mol. The molecule has 0 aliphatic rings. The highest BCUT2D eigenvalue weighted by Gasteiger charge is 2.18. The molecule has 0 aromatic heterocycles. The van der Waals surface area contributed by atoms with Gasteiger partial charge in [-0.25, -0.2) is 0 Å². The van der Waals surface area contributed by atoms with Gasteiger partial charge in [0.15, 0.2) is 5.78 Å². The zero-order chi connectivity index (χ0) is 17.5. The predicted octanol–water partition coefficient (Wildman–Crippen LogP) is 2.17. The van der Waals surface area contributed by atoms with Crippen molar-refractivity contribution < 1.29 is 14.4 Å². The summed E-state index contributed by atoms with van der Waals surface area (Å²) in [5.74, 6) is -0.952. The SMILES string of the molecule is CC(C)NC(=O)CNC(=O)c1ccccc1C(=O)c1ccccc1. The molecule has 2 aromatic rings. The number of ketones is 1. The summed E-state index contributed by atoms with van der Waals surface area (Å²) < 4.78 is 0. The van der Waals surface area contributed by atoms with E-state index in [1.54, 1.807) is 48.5 Å². The Kier molecular flexibility index (Phi) is 5.84. The summed E-state index contributed by atoms with van der Waals surface area (Å²) in [5.41, 5.74) is 1.07. The monoisotopic (exact) mass is 324 g/mol. The highest BCUT2D eigenvalue weighted by Crippen LogP contribution is 2.14. The van der Waals surface area contributed by atoms with E-state index in [1.807, 2.05) is 19.9 Å². The minimum Gasteiger partial charge on any atom is -0.352 e. The minimum atomic E-state index is -0.450. The van der Waals surface area contributed by atoms with E-state index in [0.717, 1.165) is 0 Å². The quantitative estimate of drug-likeness (QED) is 0.800. The van der Waals surface area contributed by atoms with Gasteiger partial charge in [-0.3, -0.25) is 14.4 Å². The standard InChI is InChI=1S/C19H20N2O3/c1-13(2)21-17(22)12-20-19(24)16-11-7-6-10-15(16)18(23)14-8-4-3-5-9-14/h3-11,13H,12H2,1-2H3,(H,20,24)(H,21,22). The van der Waals surface area contributed by atoms with E-state index in [2.05, 4.69) is 10.6 Å². The smallest absolute Gasteiger partial charge is 0.252 e. The van der Waals surface area contributed by atoms with Crippen LogP contribution in [0.4, 0.5) is 0 Å². The maximum Gasteiger partial charge on any atom is 0.252 e. The third-order valence-corrected chi connectivity index (χ3v) is 3.31. The van der Waals surface area contributed by atoms with E-state index >= 15 is 0 Å². The van der Waals surface area contributed by atoms with Crippen molar-refractivity contribution in [2.45, 2.75) is 19.9 Å². The molecule has 0 unspecified atom stereocenters. The maximum absolute atomic E-state index is 12.6. The van der Waals surface area contributed by atoms with E-state index in [0.29, 0.717) is 11.1 Å². The zero-order valence-corrected chi connectivity index (χ0v) is 13.7. The summed E-state index contributed by atoms with van der Waals surface area (Å²) in [6.45, 7) is 3.55. The number of benzene rings is 2. The van der Waals surface area contributed by atoms with Gasteiger partial charge in [0, 0.05) is 17.2 Å². The minimum absolute atomic E-state index is 0.00125. The third-order valence-electron chi connectivity index (χ3n) is 3.31. The van der Waals surface area contributed by atoms with Gasteiger partial charge in [0.2, 0.25) is 5.91 Å². The molecule has 0 spiro atoms. The summed E-state index contributed by atoms with van der Waals surface area (Å²) in [6, 6.07) is 15.3. The Balaban J connectivity index is 2.15. The second-order valence-corrected chi connectivity index (χ2v) is 5.65. The van der Waals surface area contributed by atoms with E-state index < -0.39 is 5.91 Å². The van der Waals surface area contributed by atoms with Gasteiger partial charge in [-0.05, 0) is 19.9 Å². The van der Waals surface area contributed by atoms with Crippen molar-refractivity contribution in [3.8, 4) is 0 Å². The topological polar surface area (TPSA) is 75.3 Å². The maximum atomic E-state index is 12.6. The lowest BCUT2D eigenvalue weighted by atomic mass is 9.98. The van der Waals surface area contributed by atoms with E-state index in [-0.39, 0.29) is 29.8 Å². The van der Waals surface area contributed by atoms with Gasteiger partial charge < -0.3 is 10.6 Å². The lowest BCUT2D eigenvalue weighted by molar-refractivity contribution is -0.120. The Labute approximate surface area is 141 Å². The molecular formula is C19H20N2O3. The van der Waals surface area contributed by atoms with Gasteiger partial charge in [-0.2, -0.15) is 0 Å². The summed E-state index contributed by atoms with van der Waals surface area (Å²) in [7, 11) is 0. The fraction of sp³-hybridized carbons (Fsp3) is 0.211. The first kappa shape index (κ1) is 17.4. The molecule has 5 nitrogen and oxygen atoms in total. The second-order valence-electron chi connectivity index (χ2n) is 5.65. The van der Waals surface area contributed by atoms with Crippen LogP contribution in [0.5, 0.6) is 0 Å². The first-order valence-corrected chi connectivity index (χ1v) is 7.75. The van der Waals surface area contributed by atoms with Crippen molar-refractivity contribution in [2.75, 3.05) is 6.54 Å². The highest BCUT2D eigenvalue weighted by molar-refractivity contribution is 6.15. The van der Waals surface area contributed by atoms with E-state index in [9.17, 15) is 14.4 Å². The molecule has 0 atom stereocenters. The molecule has 0 aliphatic heterocycles. The fourth-order valence-electron chi connectivity index (χ4n) is 2.25. The van der Waals surface area contributed by atoms with Gasteiger partial charge in [0.05, 0.1) is 12.1 Å². The average Bonchev–Trinajstić information content (AvgIpc) is 2.59. The fourth-order valence-corrected chi connectivity index (χ4v) is 2.25. The predicted molar refractivity (Wildman–Crippen MR) is 91.9 cm³/mol. The molecule has 0 saturated heterocycles. The molecular weight excluding hydrogens is 304 g/mol. The van der Waals surface area contributed by atoms with Crippen LogP contribution >= 0.6 is 0 Å². The summed E-state index contributed by atoms with van der Waals surface area (Å²) in [4.78, 5) is 36.6. The summed E-state index contributed by atoms with van der Waals surface area (Å²) in [6.07, 6.45) is 0. The third kappa shape index (κ3) is 4.52. The van der Waals surface area contributed by atoms with Crippen molar-refractivity contribution in [1.82, 2.24) is 10.6 Å². The summed E-state index contributed by atoms with van der Waals surface area (Å²) >= 11 is 0. The summed E-state index contributed by atoms with van der Waals surface area (Å²) in [5, 5.41) is 5.24. The molecule has 0 radical (unpaired) electrons. The van der Waals surface area contributed by atoms with Crippen LogP contribution in [0.2, 0.25) is 0 Å². The Bertz CT molecular complexity index is 739. The molecule has 2 rings (SSSR count). The molecule has 2 N–H and O–H groups in total. The van der Waals surface area contributed by atoms with E-state index in [1.165, 1.54) is 0 Å². The van der Waals surface area contributed by atoms with Gasteiger partial charge in [-0.15, -0.1) is 0 Å². The van der Waals surface area contributed by atoms with Crippen LogP contribution in [0.1, 0.15) is 40.1 Å². The number of rotatable bonds is 6. The van der Waals surface area contributed by atoms with Crippen molar-refractivity contribution >= 4 is 17.6 Å². The lowest BCUT2D eigenvalue weighted by Gasteiger charge is -2.11. The van der Waals surface area contributed by atoms with Crippen molar-refractivity contribution in [2.24, 2.45) is 0 Å². The zero-order valence-electron chi connectivity index (χ0n) is 13.7. The van der Waals surface area contributed by atoms with Crippen molar-refractivity contribution in [3.05, 3.63) is 71.3 Å².